The molecule has 0 saturated carbocycles. The Labute approximate surface area is 154 Å². The fourth-order valence-corrected chi connectivity index (χ4v) is 1.80. The van der Waals surface area contributed by atoms with Crippen molar-refractivity contribution in [1.29, 1.82) is 0 Å². The maximum Gasteiger partial charge on any atom is 0.305 e. The Hall–Kier alpha value is -1.32. The summed E-state index contributed by atoms with van der Waals surface area (Å²) < 4.78 is 10.1. The van der Waals surface area contributed by atoms with Crippen molar-refractivity contribution in [2.45, 2.75) is 46.6 Å². The summed E-state index contributed by atoms with van der Waals surface area (Å²) in [7, 11) is 1.41. The summed E-state index contributed by atoms with van der Waals surface area (Å²) in [4.78, 5) is 19.7. The van der Waals surface area contributed by atoms with Crippen LogP contribution in [0.3, 0.4) is 0 Å². The van der Waals surface area contributed by atoms with Crippen LogP contribution in [-0.2, 0) is 16.1 Å². The van der Waals surface area contributed by atoms with Crippen molar-refractivity contribution < 1.29 is 13.9 Å². The number of oxazole rings is 1. The van der Waals surface area contributed by atoms with Gasteiger partial charge in [-0.25, -0.2) is 9.98 Å². The number of hydrogen-bond donors (Lipinski definition) is 2. The number of aryl methyl sites for hydroxylation is 2. The predicted molar refractivity (Wildman–Crippen MR) is 100 cm³/mol. The Kier molecular flexibility index (Phi) is 11.4. The van der Waals surface area contributed by atoms with Gasteiger partial charge in [-0.1, -0.05) is 0 Å². The molecule has 1 aromatic rings. The zero-order chi connectivity index (χ0) is 16.4. The van der Waals surface area contributed by atoms with Gasteiger partial charge in [0.1, 0.15) is 12.3 Å². The van der Waals surface area contributed by atoms with E-state index in [0.717, 1.165) is 37.4 Å². The molecule has 0 saturated heterocycles. The fourth-order valence-electron chi connectivity index (χ4n) is 1.80. The molecule has 1 aromatic heterocycles. The van der Waals surface area contributed by atoms with Crippen LogP contribution in [0.15, 0.2) is 9.41 Å². The van der Waals surface area contributed by atoms with Gasteiger partial charge in [0.2, 0.25) is 5.89 Å². The second-order valence-electron chi connectivity index (χ2n) is 4.90. The van der Waals surface area contributed by atoms with Gasteiger partial charge < -0.3 is 19.8 Å². The van der Waals surface area contributed by atoms with Crippen LogP contribution in [0.2, 0.25) is 0 Å². The van der Waals surface area contributed by atoms with E-state index in [2.05, 4.69) is 25.3 Å². The molecule has 0 fully saturated rings. The molecule has 8 heteroatoms. The fraction of sp³-hybridized carbons (Fsp3) is 0.667. The molecule has 2 N–H and O–H groups in total. The van der Waals surface area contributed by atoms with Gasteiger partial charge in [-0.3, -0.25) is 4.79 Å². The summed E-state index contributed by atoms with van der Waals surface area (Å²) in [6.07, 6.45) is 2.11. The van der Waals surface area contributed by atoms with Crippen molar-refractivity contribution in [2.24, 2.45) is 4.99 Å². The van der Waals surface area contributed by atoms with Crippen molar-refractivity contribution in [3.63, 3.8) is 0 Å². The summed E-state index contributed by atoms with van der Waals surface area (Å²) in [5.74, 6) is 1.98. The zero-order valence-corrected chi connectivity index (χ0v) is 16.6. The van der Waals surface area contributed by atoms with Crippen molar-refractivity contribution in [3.8, 4) is 0 Å². The van der Waals surface area contributed by atoms with Crippen LogP contribution in [0.1, 0.15) is 43.5 Å². The van der Waals surface area contributed by atoms with E-state index in [4.69, 9.17) is 4.42 Å². The van der Waals surface area contributed by atoms with E-state index in [1.54, 1.807) is 0 Å². The number of aliphatic imine (C=N–C) groups is 1. The molecule has 0 aromatic carbocycles. The SMILES string of the molecule is CCNC(=NCc1nc(C)c(C)o1)NCCCCC(=O)OC.I. The van der Waals surface area contributed by atoms with Gasteiger partial charge in [0, 0.05) is 19.5 Å². The maximum absolute atomic E-state index is 11.0. The lowest BCUT2D eigenvalue weighted by Gasteiger charge is -2.10. The number of rotatable bonds is 8. The molecule has 0 aliphatic heterocycles. The Balaban J connectivity index is 0.00000484. The van der Waals surface area contributed by atoms with Gasteiger partial charge in [0.05, 0.1) is 12.8 Å². The predicted octanol–water partition coefficient (Wildman–Crippen LogP) is 2.31. The number of guanidine groups is 1. The summed E-state index contributed by atoms with van der Waals surface area (Å²) >= 11 is 0. The van der Waals surface area contributed by atoms with Crippen molar-refractivity contribution in [1.82, 2.24) is 15.6 Å². The minimum Gasteiger partial charge on any atom is -0.469 e. The highest BCUT2D eigenvalue weighted by atomic mass is 127. The lowest BCUT2D eigenvalue weighted by Crippen LogP contribution is -2.37. The summed E-state index contributed by atoms with van der Waals surface area (Å²) in [5, 5.41) is 6.38. The topological polar surface area (TPSA) is 88.8 Å². The van der Waals surface area contributed by atoms with Gasteiger partial charge in [0.25, 0.3) is 0 Å². The van der Waals surface area contributed by atoms with E-state index in [0.29, 0.717) is 24.8 Å². The summed E-state index contributed by atoms with van der Waals surface area (Å²) in [5.41, 5.74) is 0.894. The molecule has 0 aliphatic carbocycles. The molecule has 0 aliphatic rings. The normalized spacial score (nSPS) is 10.9. The number of ether oxygens (including phenoxy) is 1. The molecule has 0 unspecified atom stereocenters. The standard InChI is InChI=1S/C15H26N4O3.HI/c1-5-16-15(17-9-7-6-8-14(20)21-4)18-10-13-19-11(2)12(3)22-13;/h5-10H2,1-4H3,(H2,16,17,18);1H. The minimum absolute atomic E-state index is 0. The molecule has 0 atom stereocenters. The van der Waals surface area contributed by atoms with Crippen molar-refractivity contribution >= 4 is 35.9 Å². The smallest absolute Gasteiger partial charge is 0.305 e. The van der Waals surface area contributed by atoms with Crippen LogP contribution in [-0.4, -0.2) is 37.1 Å². The third-order valence-electron chi connectivity index (χ3n) is 3.12. The summed E-state index contributed by atoms with van der Waals surface area (Å²) in [6, 6.07) is 0. The van der Waals surface area contributed by atoms with E-state index < -0.39 is 0 Å². The third-order valence-corrected chi connectivity index (χ3v) is 3.12. The zero-order valence-electron chi connectivity index (χ0n) is 14.3. The highest BCUT2D eigenvalue weighted by Crippen LogP contribution is 2.08. The van der Waals surface area contributed by atoms with E-state index >= 15 is 0 Å². The molecule has 0 spiro atoms. The first-order valence-corrected chi connectivity index (χ1v) is 7.58. The Bertz CT molecular complexity index is 483. The van der Waals surface area contributed by atoms with Crippen LogP contribution in [0.5, 0.6) is 0 Å². The number of unbranched alkanes of at least 4 members (excludes halogenated alkanes) is 1. The van der Waals surface area contributed by atoms with E-state index in [9.17, 15) is 4.79 Å². The van der Waals surface area contributed by atoms with E-state index in [1.165, 1.54) is 7.11 Å². The largest absolute Gasteiger partial charge is 0.469 e. The number of carbonyl (C=O) groups excluding carboxylic acids is 1. The van der Waals surface area contributed by atoms with E-state index in [1.807, 2.05) is 20.8 Å². The minimum atomic E-state index is -0.171. The molecule has 1 rings (SSSR count). The number of nitrogens with one attached hydrogen (secondary N) is 2. The van der Waals surface area contributed by atoms with Crippen LogP contribution < -0.4 is 10.6 Å². The molecule has 1 heterocycles. The molecule has 0 radical (unpaired) electrons. The third kappa shape index (κ3) is 8.77. The number of aromatic nitrogens is 1. The second-order valence-corrected chi connectivity index (χ2v) is 4.90. The molecule has 0 amide bonds. The van der Waals surface area contributed by atoms with Crippen LogP contribution in [0.4, 0.5) is 0 Å². The van der Waals surface area contributed by atoms with Crippen LogP contribution in [0, 0.1) is 13.8 Å². The molecular weight excluding hydrogens is 411 g/mol. The monoisotopic (exact) mass is 438 g/mol. The Morgan fingerprint density at radius 2 is 2.04 bits per heavy atom. The number of hydrogen-bond acceptors (Lipinski definition) is 5. The number of carbonyl (C=O) groups is 1. The lowest BCUT2D eigenvalue weighted by molar-refractivity contribution is -0.140. The van der Waals surface area contributed by atoms with Crippen molar-refractivity contribution in [2.75, 3.05) is 20.2 Å². The van der Waals surface area contributed by atoms with Gasteiger partial charge in [-0.2, -0.15) is 0 Å². The Morgan fingerprint density at radius 3 is 2.61 bits per heavy atom. The highest BCUT2D eigenvalue weighted by molar-refractivity contribution is 14.0. The first-order chi connectivity index (χ1) is 10.6. The van der Waals surface area contributed by atoms with Gasteiger partial charge in [0.15, 0.2) is 5.96 Å². The maximum atomic E-state index is 11.0. The molecule has 7 nitrogen and oxygen atoms in total. The van der Waals surface area contributed by atoms with Gasteiger partial charge in [-0.05, 0) is 33.6 Å². The first-order valence-electron chi connectivity index (χ1n) is 7.58. The van der Waals surface area contributed by atoms with Crippen molar-refractivity contribution in [3.05, 3.63) is 17.3 Å². The number of esters is 1. The number of halogens is 1. The first kappa shape index (κ1) is 21.7. The molecular formula is C15H27IN4O3. The van der Waals surface area contributed by atoms with E-state index in [-0.39, 0.29) is 29.9 Å². The highest BCUT2D eigenvalue weighted by Gasteiger charge is 2.05. The average Bonchev–Trinajstić information content (AvgIpc) is 2.82. The quantitative estimate of drug-likeness (QED) is 0.213. The average molecular weight is 438 g/mol. The summed E-state index contributed by atoms with van der Waals surface area (Å²) in [6.45, 7) is 7.72. The number of methoxy groups -OCH3 is 1. The second kappa shape index (κ2) is 12.1. The van der Waals surface area contributed by atoms with Gasteiger partial charge >= 0.3 is 5.97 Å². The van der Waals surface area contributed by atoms with Crippen LogP contribution in [0.25, 0.3) is 0 Å². The lowest BCUT2D eigenvalue weighted by atomic mass is 10.2. The molecule has 23 heavy (non-hydrogen) atoms. The Morgan fingerprint density at radius 1 is 1.30 bits per heavy atom. The molecule has 0 bridgehead atoms. The number of nitrogens with zero attached hydrogens (tertiary/aromatic N) is 2. The molecule has 132 valence electrons. The van der Waals surface area contributed by atoms with Gasteiger partial charge in [-0.15, -0.1) is 24.0 Å². The van der Waals surface area contributed by atoms with Crippen LogP contribution >= 0.6 is 24.0 Å².